The van der Waals surface area contributed by atoms with Crippen molar-refractivity contribution in [2.45, 2.75) is 18.8 Å². The zero-order valence-corrected chi connectivity index (χ0v) is 9.78. The molecule has 0 aromatic carbocycles. The van der Waals surface area contributed by atoms with E-state index in [9.17, 15) is 0 Å². The van der Waals surface area contributed by atoms with Gasteiger partial charge in [-0.05, 0) is 32.0 Å². The molecule has 3 nitrogen and oxygen atoms in total. The van der Waals surface area contributed by atoms with E-state index in [2.05, 4.69) is 10.3 Å². The van der Waals surface area contributed by atoms with Crippen LogP contribution in [0, 0.1) is 0 Å². The Morgan fingerprint density at radius 3 is 2.67 bits per heavy atom. The van der Waals surface area contributed by atoms with E-state index in [1.807, 2.05) is 0 Å². The van der Waals surface area contributed by atoms with Gasteiger partial charge < -0.3 is 11.1 Å². The highest BCUT2D eigenvalue weighted by Crippen LogP contribution is 2.32. The van der Waals surface area contributed by atoms with Crippen LogP contribution < -0.4 is 11.1 Å². The predicted molar refractivity (Wildman–Crippen MR) is 63.5 cm³/mol. The van der Waals surface area contributed by atoms with Crippen molar-refractivity contribution in [1.29, 1.82) is 0 Å². The summed E-state index contributed by atoms with van der Waals surface area (Å²) in [6.45, 7) is 2.01. The summed E-state index contributed by atoms with van der Waals surface area (Å²) in [4.78, 5) is 4.28. The lowest BCUT2D eigenvalue weighted by Gasteiger charge is -2.23. The van der Waals surface area contributed by atoms with E-state index in [1.165, 1.54) is 0 Å². The lowest BCUT2D eigenvalue weighted by molar-refractivity contribution is 0.454. The van der Waals surface area contributed by atoms with Gasteiger partial charge in [-0.15, -0.1) is 0 Å². The second-order valence-electron chi connectivity index (χ2n) is 3.76. The van der Waals surface area contributed by atoms with Gasteiger partial charge in [-0.2, -0.15) is 0 Å². The van der Waals surface area contributed by atoms with Crippen LogP contribution in [0.25, 0.3) is 0 Å². The maximum Gasteiger partial charge on any atom is 0.148 e. The van der Waals surface area contributed by atoms with E-state index >= 15 is 0 Å². The Morgan fingerprint density at radius 1 is 1.33 bits per heavy atom. The van der Waals surface area contributed by atoms with Crippen LogP contribution >= 0.6 is 23.2 Å². The maximum atomic E-state index is 5.90. The van der Waals surface area contributed by atoms with Crippen molar-refractivity contribution in [3.63, 3.8) is 0 Å². The topological polar surface area (TPSA) is 50.9 Å². The van der Waals surface area contributed by atoms with Crippen LogP contribution in [-0.4, -0.2) is 18.1 Å². The molecule has 0 amide bonds. The van der Waals surface area contributed by atoms with E-state index < -0.39 is 0 Å². The first-order valence-corrected chi connectivity index (χ1v) is 5.76. The minimum Gasteiger partial charge on any atom is -0.397 e. The van der Waals surface area contributed by atoms with Crippen molar-refractivity contribution in [1.82, 2.24) is 10.3 Å². The predicted octanol–water partition coefficient (Wildman–Crippen LogP) is 2.44. The smallest absolute Gasteiger partial charge is 0.148 e. The Balaban J connectivity index is 2.30. The van der Waals surface area contributed by atoms with Crippen molar-refractivity contribution in [3.8, 4) is 0 Å². The van der Waals surface area contributed by atoms with E-state index in [4.69, 9.17) is 28.9 Å². The average molecular weight is 246 g/mol. The summed E-state index contributed by atoms with van der Waals surface area (Å²) < 4.78 is 0. The zero-order valence-electron chi connectivity index (χ0n) is 8.26. The Morgan fingerprint density at radius 2 is 2.00 bits per heavy atom. The lowest BCUT2D eigenvalue weighted by Crippen LogP contribution is -2.27. The molecular formula is C10H13Cl2N3. The monoisotopic (exact) mass is 245 g/mol. The molecule has 3 N–H and O–H groups in total. The van der Waals surface area contributed by atoms with Crippen molar-refractivity contribution in [2.75, 3.05) is 18.8 Å². The van der Waals surface area contributed by atoms with Crippen LogP contribution in [0.1, 0.15) is 24.5 Å². The quantitative estimate of drug-likeness (QED) is 0.748. The van der Waals surface area contributed by atoms with Crippen molar-refractivity contribution in [2.24, 2.45) is 0 Å². The molecule has 1 fully saturated rings. The van der Waals surface area contributed by atoms with Crippen LogP contribution in [0.2, 0.25) is 10.2 Å². The first kappa shape index (κ1) is 11.0. The highest BCUT2D eigenvalue weighted by molar-refractivity contribution is 6.41. The first-order chi connectivity index (χ1) is 7.18. The second kappa shape index (κ2) is 4.56. The summed E-state index contributed by atoms with van der Waals surface area (Å²) >= 11 is 11.7. The Kier molecular flexibility index (Phi) is 3.34. The number of pyridine rings is 1. The van der Waals surface area contributed by atoms with Gasteiger partial charge in [-0.25, -0.2) is 4.98 Å². The van der Waals surface area contributed by atoms with Crippen molar-refractivity contribution in [3.05, 3.63) is 21.9 Å². The summed E-state index contributed by atoms with van der Waals surface area (Å²) in [6, 6.07) is 1.69. The van der Waals surface area contributed by atoms with Gasteiger partial charge in [-0.1, -0.05) is 23.2 Å². The fraction of sp³-hybridized carbons (Fsp3) is 0.500. The number of halogens is 2. The number of aromatic nitrogens is 1. The Hall–Kier alpha value is -0.510. The average Bonchev–Trinajstić information content (AvgIpc) is 2.25. The number of anilines is 1. The summed E-state index contributed by atoms with van der Waals surface area (Å²) in [5.74, 6) is 0.404. The standard InChI is InChI=1S/C10H13Cl2N3/c11-7-5-8(13)9(15-10(7)12)6-1-3-14-4-2-6/h5-6,14H,1-4,13H2. The van der Waals surface area contributed by atoms with Crippen LogP contribution in [0.3, 0.4) is 0 Å². The fourth-order valence-corrected chi connectivity index (χ4v) is 2.22. The van der Waals surface area contributed by atoms with Crippen molar-refractivity contribution >= 4 is 28.9 Å². The second-order valence-corrected chi connectivity index (χ2v) is 4.52. The van der Waals surface area contributed by atoms with Crippen LogP contribution in [0.15, 0.2) is 6.07 Å². The molecule has 0 saturated carbocycles. The van der Waals surface area contributed by atoms with Gasteiger partial charge in [0.15, 0.2) is 0 Å². The molecule has 0 bridgehead atoms. The number of nitrogen functional groups attached to an aromatic ring is 1. The van der Waals surface area contributed by atoms with Gasteiger partial charge in [0.1, 0.15) is 5.15 Å². The van der Waals surface area contributed by atoms with Crippen molar-refractivity contribution < 1.29 is 0 Å². The molecule has 1 saturated heterocycles. The molecule has 1 aromatic heterocycles. The van der Waals surface area contributed by atoms with Crippen LogP contribution in [-0.2, 0) is 0 Å². The van der Waals surface area contributed by atoms with Gasteiger partial charge in [0.05, 0.1) is 16.4 Å². The van der Waals surface area contributed by atoms with E-state index in [-0.39, 0.29) is 0 Å². The SMILES string of the molecule is Nc1cc(Cl)c(Cl)nc1C1CCNCC1. The molecule has 0 unspecified atom stereocenters. The molecule has 0 spiro atoms. The van der Waals surface area contributed by atoms with E-state index in [0.717, 1.165) is 31.6 Å². The highest BCUT2D eigenvalue weighted by Gasteiger charge is 2.20. The van der Waals surface area contributed by atoms with Gasteiger partial charge in [0.2, 0.25) is 0 Å². The van der Waals surface area contributed by atoms with Gasteiger partial charge >= 0.3 is 0 Å². The summed E-state index contributed by atoms with van der Waals surface area (Å²) in [7, 11) is 0. The third kappa shape index (κ3) is 2.36. The largest absolute Gasteiger partial charge is 0.397 e. The molecule has 82 valence electrons. The molecular weight excluding hydrogens is 233 g/mol. The number of piperidine rings is 1. The zero-order chi connectivity index (χ0) is 10.8. The minimum atomic E-state index is 0.347. The molecule has 1 aliphatic rings. The van der Waals surface area contributed by atoms with Gasteiger partial charge in [0.25, 0.3) is 0 Å². The van der Waals surface area contributed by atoms with E-state index in [1.54, 1.807) is 6.07 Å². The molecule has 0 atom stereocenters. The normalized spacial score (nSPS) is 18.0. The maximum absolute atomic E-state index is 5.90. The summed E-state index contributed by atoms with van der Waals surface area (Å²) in [6.07, 6.45) is 2.10. The molecule has 2 rings (SSSR count). The van der Waals surface area contributed by atoms with E-state index in [0.29, 0.717) is 21.8 Å². The molecule has 0 aliphatic carbocycles. The number of hydrogen-bond donors (Lipinski definition) is 2. The third-order valence-electron chi connectivity index (χ3n) is 2.72. The van der Waals surface area contributed by atoms with Crippen LogP contribution in [0.4, 0.5) is 5.69 Å². The number of nitrogens with zero attached hydrogens (tertiary/aromatic N) is 1. The molecule has 1 aromatic rings. The Bertz CT molecular complexity index is 362. The third-order valence-corrected chi connectivity index (χ3v) is 3.39. The summed E-state index contributed by atoms with van der Waals surface area (Å²) in [5, 5.41) is 4.07. The van der Waals surface area contributed by atoms with Gasteiger partial charge in [-0.3, -0.25) is 0 Å². The lowest BCUT2D eigenvalue weighted by atomic mass is 9.93. The number of nitrogens with two attached hydrogens (primary N) is 1. The Labute approximate surface area is 99.0 Å². The fourth-order valence-electron chi connectivity index (χ4n) is 1.92. The molecule has 15 heavy (non-hydrogen) atoms. The minimum absolute atomic E-state index is 0.347. The molecule has 5 heteroatoms. The molecule has 0 radical (unpaired) electrons. The molecule has 2 heterocycles. The van der Waals surface area contributed by atoms with Crippen LogP contribution in [0.5, 0.6) is 0 Å². The number of rotatable bonds is 1. The summed E-state index contributed by atoms with van der Waals surface area (Å²) in [5.41, 5.74) is 7.44. The highest BCUT2D eigenvalue weighted by atomic mass is 35.5. The first-order valence-electron chi connectivity index (χ1n) is 5.00. The molecule has 1 aliphatic heterocycles. The number of nitrogens with one attached hydrogen (secondary N) is 1. The number of hydrogen-bond acceptors (Lipinski definition) is 3. The van der Waals surface area contributed by atoms with Gasteiger partial charge in [0, 0.05) is 5.92 Å².